The molecule has 1 aliphatic heterocycles. The van der Waals surface area contributed by atoms with Crippen LogP contribution in [0.15, 0.2) is 6.33 Å². The summed E-state index contributed by atoms with van der Waals surface area (Å²) >= 11 is 0. The van der Waals surface area contributed by atoms with Crippen molar-refractivity contribution in [3.8, 4) is 0 Å². The molecule has 112 valence electrons. The molecule has 0 amide bonds. The van der Waals surface area contributed by atoms with Crippen LogP contribution in [0.2, 0.25) is 0 Å². The van der Waals surface area contributed by atoms with Gasteiger partial charge in [0, 0.05) is 31.7 Å². The molecule has 7 heteroatoms. The number of hydrogen-bond acceptors (Lipinski definition) is 7. The third kappa shape index (κ3) is 4.03. The second-order valence-electron chi connectivity index (χ2n) is 4.82. The molecule has 0 bridgehead atoms. The SMILES string of the molecule is CCCc1c(NN)ncnc1NCCN1CCOCC1. The molecule has 1 aliphatic rings. The smallest absolute Gasteiger partial charge is 0.148 e. The highest BCUT2D eigenvalue weighted by atomic mass is 16.5. The van der Waals surface area contributed by atoms with Crippen molar-refractivity contribution in [2.45, 2.75) is 19.8 Å². The molecule has 0 atom stereocenters. The minimum atomic E-state index is 0.704. The van der Waals surface area contributed by atoms with Gasteiger partial charge in [-0.25, -0.2) is 15.8 Å². The molecule has 0 spiro atoms. The minimum Gasteiger partial charge on any atom is -0.379 e. The highest BCUT2D eigenvalue weighted by molar-refractivity contribution is 5.56. The van der Waals surface area contributed by atoms with E-state index in [9.17, 15) is 0 Å². The van der Waals surface area contributed by atoms with Gasteiger partial charge in [-0.15, -0.1) is 0 Å². The molecule has 2 heterocycles. The number of morpholine rings is 1. The van der Waals surface area contributed by atoms with Crippen molar-refractivity contribution in [3.63, 3.8) is 0 Å². The maximum absolute atomic E-state index is 5.51. The molecular formula is C13H24N6O. The molecule has 1 aromatic rings. The third-order valence-corrected chi connectivity index (χ3v) is 3.41. The zero-order valence-electron chi connectivity index (χ0n) is 12.1. The van der Waals surface area contributed by atoms with Crippen molar-refractivity contribution in [3.05, 3.63) is 11.9 Å². The number of anilines is 2. The van der Waals surface area contributed by atoms with Gasteiger partial charge in [0.15, 0.2) is 0 Å². The Bertz CT molecular complexity index is 408. The lowest BCUT2D eigenvalue weighted by Crippen LogP contribution is -2.39. The molecule has 4 N–H and O–H groups in total. The van der Waals surface area contributed by atoms with Crippen molar-refractivity contribution in [2.24, 2.45) is 5.84 Å². The van der Waals surface area contributed by atoms with Gasteiger partial charge < -0.3 is 15.5 Å². The van der Waals surface area contributed by atoms with Crippen molar-refractivity contribution in [1.29, 1.82) is 0 Å². The predicted octanol–water partition coefficient (Wildman–Crippen LogP) is 0.459. The second-order valence-corrected chi connectivity index (χ2v) is 4.82. The third-order valence-electron chi connectivity index (χ3n) is 3.41. The molecule has 7 nitrogen and oxygen atoms in total. The summed E-state index contributed by atoms with van der Waals surface area (Å²) in [5.41, 5.74) is 3.70. The predicted molar refractivity (Wildman–Crippen MR) is 79.6 cm³/mol. The van der Waals surface area contributed by atoms with Crippen LogP contribution in [0.5, 0.6) is 0 Å². The maximum Gasteiger partial charge on any atom is 0.148 e. The van der Waals surface area contributed by atoms with Crippen LogP contribution in [0.3, 0.4) is 0 Å². The summed E-state index contributed by atoms with van der Waals surface area (Å²) in [6.07, 6.45) is 3.46. The number of hydrogen-bond donors (Lipinski definition) is 3. The van der Waals surface area contributed by atoms with E-state index in [1.54, 1.807) is 0 Å². The molecule has 1 saturated heterocycles. The van der Waals surface area contributed by atoms with Gasteiger partial charge in [0.1, 0.15) is 18.0 Å². The number of nitrogen functional groups attached to an aromatic ring is 1. The Labute approximate surface area is 119 Å². The number of nitrogens with zero attached hydrogens (tertiary/aromatic N) is 3. The van der Waals surface area contributed by atoms with Crippen molar-refractivity contribution < 1.29 is 4.74 Å². The average molecular weight is 280 g/mol. The Hall–Kier alpha value is -1.44. The summed E-state index contributed by atoms with van der Waals surface area (Å²) in [5.74, 6) is 7.09. The fourth-order valence-corrected chi connectivity index (χ4v) is 2.33. The lowest BCUT2D eigenvalue weighted by atomic mass is 10.1. The highest BCUT2D eigenvalue weighted by Gasteiger charge is 2.12. The fraction of sp³-hybridized carbons (Fsp3) is 0.692. The van der Waals surface area contributed by atoms with Gasteiger partial charge in [-0.2, -0.15) is 0 Å². The zero-order valence-corrected chi connectivity index (χ0v) is 12.1. The summed E-state index contributed by atoms with van der Waals surface area (Å²) in [5, 5.41) is 3.39. The number of rotatable bonds is 7. The van der Waals surface area contributed by atoms with E-state index in [0.29, 0.717) is 5.82 Å². The zero-order chi connectivity index (χ0) is 14.2. The Morgan fingerprint density at radius 2 is 2.05 bits per heavy atom. The normalized spacial score (nSPS) is 16.1. The van der Waals surface area contributed by atoms with Crippen molar-refractivity contribution in [1.82, 2.24) is 14.9 Å². The van der Waals surface area contributed by atoms with Crippen LogP contribution in [0.4, 0.5) is 11.6 Å². The standard InChI is InChI=1S/C13H24N6O/c1-2-3-11-12(16-10-17-13(11)18-14)15-4-5-19-6-8-20-9-7-19/h10H,2-9,14H2,1H3,(H2,15,16,17,18). The van der Waals surface area contributed by atoms with Gasteiger partial charge in [0.2, 0.25) is 0 Å². The van der Waals surface area contributed by atoms with Crippen LogP contribution >= 0.6 is 0 Å². The van der Waals surface area contributed by atoms with Crippen molar-refractivity contribution in [2.75, 3.05) is 50.1 Å². The average Bonchev–Trinajstić information content (AvgIpc) is 2.50. The van der Waals surface area contributed by atoms with Gasteiger partial charge >= 0.3 is 0 Å². The van der Waals surface area contributed by atoms with Gasteiger partial charge in [0.25, 0.3) is 0 Å². The van der Waals surface area contributed by atoms with Crippen molar-refractivity contribution >= 4 is 11.6 Å². The van der Waals surface area contributed by atoms with E-state index in [4.69, 9.17) is 10.6 Å². The van der Waals surface area contributed by atoms with Crippen LogP contribution in [-0.4, -0.2) is 54.3 Å². The van der Waals surface area contributed by atoms with E-state index < -0.39 is 0 Å². The van der Waals surface area contributed by atoms with E-state index in [1.165, 1.54) is 6.33 Å². The summed E-state index contributed by atoms with van der Waals surface area (Å²) in [4.78, 5) is 10.9. The first-order valence-corrected chi connectivity index (χ1v) is 7.19. The van der Waals surface area contributed by atoms with Gasteiger partial charge in [-0.05, 0) is 6.42 Å². The molecule has 1 fully saturated rings. The summed E-state index contributed by atoms with van der Waals surface area (Å²) < 4.78 is 5.34. The molecule has 0 aromatic carbocycles. The monoisotopic (exact) mass is 280 g/mol. The lowest BCUT2D eigenvalue weighted by molar-refractivity contribution is 0.0398. The van der Waals surface area contributed by atoms with Crippen LogP contribution in [0, 0.1) is 0 Å². The Morgan fingerprint density at radius 1 is 1.30 bits per heavy atom. The number of nitrogens with one attached hydrogen (secondary N) is 2. The number of ether oxygens (including phenoxy) is 1. The first kappa shape index (κ1) is 15.0. The van der Waals surface area contributed by atoms with Crippen LogP contribution in [-0.2, 0) is 11.2 Å². The minimum absolute atomic E-state index is 0.704. The highest BCUT2D eigenvalue weighted by Crippen LogP contribution is 2.20. The fourth-order valence-electron chi connectivity index (χ4n) is 2.33. The van der Waals surface area contributed by atoms with Crippen LogP contribution in [0.1, 0.15) is 18.9 Å². The molecule has 0 aliphatic carbocycles. The first-order chi connectivity index (χ1) is 9.85. The van der Waals surface area contributed by atoms with E-state index in [1.807, 2.05) is 0 Å². The Kier molecular flexibility index (Phi) is 5.97. The molecule has 0 saturated carbocycles. The largest absolute Gasteiger partial charge is 0.379 e. The summed E-state index contributed by atoms with van der Waals surface area (Å²) in [6.45, 7) is 7.64. The van der Waals surface area contributed by atoms with Gasteiger partial charge in [-0.3, -0.25) is 4.90 Å². The quantitative estimate of drug-likeness (QED) is 0.494. The van der Waals surface area contributed by atoms with Gasteiger partial charge in [-0.1, -0.05) is 13.3 Å². The number of hydrazine groups is 1. The molecule has 0 radical (unpaired) electrons. The van der Waals surface area contributed by atoms with E-state index >= 15 is 0 Å². The number of nitrogens with two attached hydrogens (primary N) is 1. The Morgan fingerprint density at radius 3 is 2.75 bits per heavy atom. The summed E-state index contributed by atoms with van der Waals surface area (Å²) in [7, 11) is 0. The van der Waals surface area contributed by atoms with Gasteiger partial charge in [0.05, 0.1) is 13.2 Å². The summed E-state index contributed by atoms with van der Waals surface area (Å²) in [6, 6.07) is 0. The van der Waals surface area contributed by atoms with Crippen LogP contribution in [0.25, 0.3) is 0 Å². The molecule has 0 unspecified atom stereocenters. The lowest BCUT2D eigenvalue weighted by Gasteiger charge is -2.26. The molecule has 1 aromatic heterocycles. The number of aromatic nitrogens is 2. The van der Waals surface area contributed by atoms with E-state index in [0.717, 1.165) is 63.6 Å². The molecule has 20 heavy (non-hydrogen) atoms. The maximum atomic E-state index is 5.51. The Balaban J connectivity index is 1.90. The topological polar surface area (TPSA) is 88.3 Å². The van der Waals surface area contributed by atoms with E-state index in [-0.39, 0.29) is 0 Å². The first-order valence-electron chi connectivity index (χ1n) is 7.19. The second kappa shape index (κ2) is 7.98. The molecule has 2 rings (SSSR count). The van der Waals surface area contributed by atoms with Crippen LogP contribution < -0.4 is 16.6 Å². The molecular weight excluding hydrogens is 256 g/mol. The van der Waals surface area contributed by atoms with E-state index in [2.05, 4.69) is 32.5 Å².